The van der Waals surface area contributed by atoms with Crippen molar-refractivity contribution in [2.45, 2.75) is 34.9 Å². The Balaban J connectivity index is 1.48. The summed E-state index contributed by atoms with van der Waals surface area (Å²) < 4.78 is 29.2. The Labute approximate surface area is 189 Å². The van der Waals surface area contributed by atoms with Crippen LogP contribution in [-0.2, 0) is 21.2 Å². The Kier molecular flexibility index (Phi) is 4.97. The van der Waals surface area contributed by atoms with Gasteiger partial charge >= 0.3 is 5.97 Å². The van der Waals surface area contributed by atoms with E-state index in [0.717, 1.165) is 45.7 Å². The molecule has 8 heteroatoms. The summed E-state index contributed by atoms with van der Waals surface area (Å²) in [4.78, 5) is 13.2. The van der Waals surface area contributed by atoms with Crippen LogP contribution >= 0.6 is 22.9 Å². The van der Waals surface area contributed by atoms with E-state index in [9.17, 15) is 18.3 Å². The Morgan fingerprint density at radius 2 is 1.84 bits per heavy atom. The van der Waals surface area contributed by atoms with Gasteiger partial charge in [-0.3, -0.25) is 4.79 Å². The number of carboxylic acids is 1. The first-order valence-electron chi connectivity index (χ1n) is 10.0. The molecule has 1 aromatic heterocycles. The van der Waals surface area contributed by atoms with Crippen molar-refractivity contribution in [2.75, 3.05) is 0 Å². The van der Waals surface area contributed by atoms with Crippen LogP contribution in [0.15, 0.2) is 64.9 Å². The number of aliphatic carboxylic acids is 1. The number of sulfonamides is 1. The van der Waals surface area contributed by atoms with E-state index >= 15 is 0 Å². The van der Waals surface area contributed by atoms with Crippen molar-refractivity contribution < 1.29 is 18.3 Å². The summed E-state index contributed by atoms with van der Waals surface area (Å²) in [5, 5.41) is 10.7. The van der Waals surface area contributed by atoms with Crippen molar-refractivity contribution in [3.8, 4) is 10.4 Å². The second-order valence-corrected chi connectivity index (χ2v) is 11.5. The summed E-state index contributed by atoms with van der Waals surface area (Å²) in [6, 6.07) is 18.2. The van der Waals surface area contributed by atoms with Crippen LogP contribution in [0.1, 0.15) is 29.9 Å². The molecule has 0 saturated heterocycles. The number of benzene rings is 2. The van der Waals surface area contributed by atoms with E-state index in [4.69, 9.17) is 11.6 Å². The number of aryl methyl sites for hydroxylation is 1. The zero-order valence-corrected chi connectivity index (χ0v) is 18.8. The molecule has 0 amide bonds. The van der Waals surface area contributed by atoms with Gasteiger partial charge in [0.1, 0.15) is 9.75 Å². The molecule has 5 rings (SSSR count). The number of halogens is 1. The van der Waals surface area contributed by atoms with Gasteiger partial charge in [-0.2, -0.15) is 4.72 Å². The standard InChI is InChI=1S/C23H20ClNO4S2/c24-16-10-8-15(9-11-16)19-12-13-20(30-19)31(28,29)25-23(22(26)27)18-7-3-5-14-4-1-2-6-17(14)21(18)23/h1-2,4,6,8-13,18,21,25H,3,5,7H2,(H,26,27). The molecule has 31 heavy (non-hydrogen) atoms. The van der Waals surface area contributed by atoms with Crippen molar-refractivity contribution in [1.82, 2.24) is 4.72 Å². The van der Waals surface area contributed by atoms with Gasteiger partial charge in [0.15, 0.2) is 0 Å². The summed E-state index contributed by atoms with van der Waals surface area (Å²) in [6.45, 7) is 0. The smallest absolute Gasteiger partial charge is 0.325 e. The van der Waals surface area contributed by atoms with E-state index in [2.05, 4.69) is 4.72 Å². The summed E-state index contributed by atoms with van der Waals surface area (Å²) in [7, 11) is -4.01. The van der Waals surface area contributed by atoms with Gasteiger partial charge in [0.05, 0.1) is 0 Å². The molecule has 1 heterocycles. The van der Waals surface area contributed by atoms with E-state index in [-0.39, 0.29) is 16.0 Å². The van der Waals surface area contributed by atoms with Gasteiger partial charge < -0.3 is 5.11 Å². The van der Waals surface area contributed by atoms with E-state index in [1.165, 1.54) is 6.07 Å². The Morgan fingerprint density at radius 1 is 1.10 bits per heavy atom. The molecule has 5 nitrogen and oxygen atoms in total. The van der Waals surface area contributed by atoms with Gasteiger partial charge in [0.2, 0.25) is 0 Å². The maximum atomic E-state index is 13.2. The van der Waals surface area contributed by atoms with Gasteiger partial charge in [0.25, 0.3) is 10.0 Å². The molecule has 2 aliphatic carbocycles. The number of hydrogen-bond donors (Lipinski definition) is 2. The molecule has 2 aliphatic rings. The topological polar surface area (TPSA) is 83.5 Å². The Hall–Kier alpha value is -2.19. The second-order valence-electron chi connectivity index (χ2n) is 8.08. The molecule has 160 valence electrons. The molecule has 2 N–H and O–H groups in total. The minimum atomic E-state index is -4.01. The monoisotopic (exact) mass is 473 g/mol. The quantitative estimate of drug-likeness (QED) is 0.551. The molecule has 1 saturated carbocycles. The first-order chi connectivity index (χ1) is 14.8. The molecule has 3 unspecified atom stereocenters. The summed E-state index contributed by atoms with van der Waals surface area (Å²) in [5.41, 5.74) is 1.41. The number of thiophene rings is 1. The lowest BCUT2D eigenvalue weighted by atomic mass is 9.97. The first kappa shape index (κ1) is 20.7. The molecule has 0 radical (unpaired) electrons. The minimum Gasteiger partial charge on any atom is -0.480 e. The van der Waals surface area contributed by atoms with E-state index in [1.807, 2.05) is 36.4 Å². The average molecular weight is 474 g/mol. The molecule has 3 aromatic rings. The number of hydrogen-bond acceptors (Lipinski definition) is 4. The molecule has 3 atom stereocenters. The third-order valence-corrected chi connectivity index (χ3v) is 9.71. The van der Waals surface area contributed by atoms with Crippen LogP contribution in [0.3, 0.4) is 0 Å². The second kappa shape index (κ2) is 7.45. The molecule has 1 fully saturated rings. The van der Waals surface area contributed by atoms with Crippen LogP contribution in [0, 0.1) is 5.92 Å². The lowest BCUT2D eigenvalue weighted by Crippen LogP contribution is -2.46. The number of rotatable bonds is 5. The minimum absolute atomic E-state index is 0.104. The molecule has 0 aliphatic heterocycles. The fourth-order valence-corrected chi connectivity index (χ4v) is 7.73. The first-order valence-corrected chi connectivity index (χ1v) is 12.7. The van der Waals surface area contributed by atoms with Gasteiger partial charge in [-0.15, -0.1) is 11.3 Å². The maximum absolute atomic E-state index is 13.2. The lowest BCUT2D eigenvalue weighted by molar-refractivity contribution is -0.140. The molecule has 0 bridgehead atoms. The summed E-state index contributed by atoms with van der Waals surface area (Å²) in [5.74, 6) is -1.72. The maximum Gasteiger partial charge on any atom is 0.325 e. The van der Waals surface area contributed by atoms with E-state index in [1.54, 1.807) is 18.2 Å². The molecular formula is C23H20ClNO4S2. The van der Waals surface area contributed by atoms with Crippen LogP contribution in [0.4, 0.5) is 0 Å². The fourth-order valence-electron chi connectivity index (χ4n) is 4.87. The zero-order chi connectivity index (χ0) is 21.8. The van der Waals surface area contributed by atoms with Crippen molar-refractivity contribution in [2.24, 2.45) is 5.92 Å². The predicted octanol–water partition coefficient (Wildman–Crippen LogP) is 4.92. The largest absolute Gasteiger partial charge is 0.480 e. The van der Waals surface area contributed by atoms with Crippen LogP contribution in [0.2, 0.25) is 5.02 Å². The SMILES string of the molecule is O=C(O)C1(NS(=O)(=O)c2ccc(-c3ccc(Cl)cc3)s2)C2CCCc3ccccc3C21. The number of carbonyl (C=O) groups is 1. The predicted molar refractivity (Wildman–Crippen MR) is 121 cm³/mol. The third-order valence-electron chi connectivity index (χ3n) is 6.35. The molecule has 2 aromatic carbocycles. The third kappa shape index (κ3) is 3.40. The highest BCUT2D eigenvalue weighted by atomic mass is 35.5. The average Bonchev–Trinajstić information content (AvgIpc) is 3.14. The summed E-state index contributed by atoms with van der Waals surface area (Å²) in [6.07, 6.45) is 2.41. The number of fused-ring (bicyclic) bond motifs is 3. The lowest BCUT2D eigenvalue weighted by Gasteiger charge is -2.18. The van der Waals surface area contributed by atoms with Gasteiger partial charge in [-0.25, -0.2) is 8.42 Å². The van der Waals surface area contributed by atoms with Gasteiger partial charge in [-0.05, 0) is 66.1 Å². The number of nitrogens with one attached hydrogen (secondary N) is 1. The van der Waals surface area contributed by atoms with Crippen molar-refractivity contribution in [3.05, 3.63) is 76.8 Å². The van der Waals surface area contributed by atoms with Crippen molar-refractivity contribution in [1.29, 1.82) is 0 Å². The highest BCUT2D eigenvalue weighted by Crippen LogP contribution is 2.62. The zero-order valence-electron chi connectivity index (χ0n) is 16.4. The van der Waals surface area contributed by atoms with Crippen molar-refractivity contribution in [3.63, 3.8) is 0 Å². The highest BCUT2D eigenvalue weighted by Gasteiger charge is 2.72. The highest BCUT2D eigenvalue weighted by molar-refractivity contribution is 7.91. The van der Waals surface area contributed by atoms with E-state index < -0.39 is 21.5 Å². The fraction of sp³-hybridized carbons (Fsp3) is 0.261. The van der Waals surface area contributed by atoms with Crippen LogP contribution in [0.25, 0.3) is 10.4 Å². The Morgan fingerprint density at radius 3 is 2.58 bits per heavy atom. The van der Waals surface area contributed by atoms with Gasteiger partial charge in [-0.1, -0.05) is 48.0 Å². The van der Waals surface area contributed by atoms with Crippen LogP contribution in [0.5, 0.6) is 0 Å². The molecule has 0 spiro atoms. The summed E-state index contributed by atoms with van der Waals surface area (Å²) >= 11 is 7.05. The Bertz CT molecular complexity index is 1270. The van der Waals surface area contributed by atoms with Gasteiger partial charge in [0, 0.05) is 15.8 Å². The van der Waals surface area contributed by atoms with Crippen molar-refractivity contribution >= 4 is 38.9 Å². The van der Waals surface area contributed by atoms with E-state index in [0.29, 0.717) is 11.4 Å². The van der Waals surface area contributed by atoms with Crippen LogP contribution < -0.4 is 4.72 Å². The normalized spacial score (nSPS) is 24.7. The number of carboxylic acid groups (broad SMARTS) is 1. The molecular weight excluding hydrogens is 454 g/mol. The van der Waals surface area contributed by atoms with Crippen LogP contribution in [-0.4, -0.2) is 25.0 Å².